The molecular weight excluding hydrogens is 170 g/mol. The number of nitrogens with one attached hydrogen (secondary N) is 1. The Morgan fingerprint density at radius 1 is 1.58 bits per heavy atom. The van der Waals surface area contributed by atoms with Crippen LogP contribution >= 0.6 is 11.8 Å². The number of nitrogens with zero attached hydrogens (tertiary/aromatic N) is 2. The summed E-state index contributed by atoms with van der Waals surface area (Å²) in [6, 6.07) is 0. The smallest absolute Gasteiger partial charge is 0.0981 e. The van der Waals surface area contributed by atoms with Crippen LogP contribution in [0.25, 0.3) is 0 Å². The van der Waals surface area contributed by atoms with Crippen molar-refractivity contribution in [2.24, 2.45) is 7.05 Å². The summed E-state index contributed by atoms with van der Waals surface area (Å²) in [4.78, 5) is 0. The van der Waals surface area contributed by atoms with Gasteiger partial charge in [-0.2, -0.15) is 5.10 Å². The summed E-state index contributed by atoms with van der Waals surface area (Å²) in [7, 11) is 2.02. The van der Waals surface area contributed by atoms with Crippen molar-refractivity contribution in [3.63, 3.8) is 0 Å². The van der Waals surface area contributed by atoms with E-state index in [1.807, 2.05) is 11.7 Å². The first-order chi connectivity index (χ1) is 5.83. The fourth-order valence-corrected chi connectivity index (χ4v) is 2.40. The van der Waals surface area contributed by atoms with E-state index < -0.39 is 0 Å². The lowest BCUT2D eigenvalue weighted by atomic mass is 10.1. The predicted octanol–water partition coefficient (Wildman–Crippen LogP) is 0.788. The van der Waals surface area contributed by atoms with Gasteiger partial charge >= 0.3 is 0 Å². The monoisotopic (exact) mass is 183 g/mol. The Morgan fingerprint density at radius 2 is 2.42 bits per heavy atom. The normalized spacial score (nSPS) is 16.2. The van der Waals surface area contributed by atoms with Gasteiger partial charge in [0.1, 0.15) is 0 Å². The van der Waals surface area contributed by atoms with E-state index in [1.54, 1.807) is 11.8 Å². The van der Waals surface area contributed by atoms with Gasteiger partial charge in [0.15, 0.2) is 0 Å². The van der Waals surface area contributed by atoms with Crippen molar-refractivity contribution in [3.05, 3.63) is 11.3 Å². The summed E-state index contributed by atoms with van der Waals surface area (Å²) in [5.41, 5.74) is 2.68. The molecule has 1 aromatic rings. The number of hydrogen-bond acceptors (Lipinski definition) is 3. The number of rotatable bonds is 1. The minimum atomic E-state index is 0.985. The largest absolute Gasteiger partial charge is 0.312 e. The minimum absolute atomic E-state index is 0.985. The van der Waals surface area contributed by atoms with E-state index >= 15 is 0 Å². The van der Waals surface area contributed by atoms with Crippen molar-refractivity contribution in [3.8, 4) is 0 Å². The molecule has 0 radical (unpaired) electrons. The third-order valence-corrected chi connectivity index (χ3v) is 3.10. The fraction of sp³-hybridized carbons (Fsp3) is 0.625. The van der Waals surface area contributed by atoms with E-state index in [4.69, 9.17) is 0 Å². The molecule has 0 spiro atoms. The lowest BCUT2D eigenvalue weighted by Gasteiger charge is -2.11. The molecule has 1 N–H and O–H groups in total. The quantitative estimate of drug-likeness (QED) is 0.653. The van der Waals surface area contributed by atoms with Gasteiger partial charge in [-0.3, -0.25) is 4.68 Å². The Kier molecular flexibility index (Phi) is 2.11. The van der Waals surface area contributed by atoms with Crippen molar-refractivity contribution in [1.29, 1.82) is 0 Å². The Bertz CT molecular complexity index is 293. The van der Waals surface area contributed by atoms with E-state index in [1.165, 1.54) is 16.3 Å². The Labute approximate surface area is 76.5 Å². The van der Waals surface area contributed by atoms with E-state index in [9.17, 15) is 0 Å². The van der Waals surface area contributed by atoms with Crippen LogP contribution in [-0.2, 0) is 20.0 Å². The van der Waals surface area contributed by atoms with Crippen molar-refractivity contribution >= 4 is 11.8 Å². The average molecular weight is 183 g/mol. The molecule has 0 atom stereocenters. The number of fused-ring (bicyclic) bond motifs is 1. The zero-order valence-corrected chi connectivity index (χ0v) is 8.24. The molecule has 0 unspecified atom stereocenters. The van der Waals surface area contributed by atoms with Gasteiger partial charge in [-0.1, -0.05) is 0 Å². The third-order valence-electron chi connectivity index (χ3n) is 2.20. The summed E-state index contributed by atoms with van der Waals surface area (Å²) >= 11 is 1.78. The van der Waals surface area contributed by atoms with E-state index in [2.05, 4.69) is 16.7 Å². The molecule has 0 aromatic carbocycles. The SMILES string of the molecule is CSc1c2c(nn1C)CCNC2. The van der Waals surface area contributed by atoms with Gasteiger partial charge in [0.2, 0.25) is 0 Å². The number of aryl methyl sites for hydroxylation is 1. The zero-order chi connectivity index (χ0) is 8.55. The van der Waals surface area contributed by atoms with Crippen LogP contribution < -0.4 is 5.32 Å². The number of thioether (sulfide) groups is 1. The molecule has 0 saturated carbocycles. The van der Waals surface area contributed by atoms with Gasteiger partial charge < -0.3 is 5.32 Å². The van der Waals surface area contributed by atoms with Crippen LogP contribution in [0.15, 0.2) is 5.03 Å². The summed E-state index contributed by atoms with van der Waals surface area (Å²) in [6.07, 6.45) is 3.18. The van der Waals surface area contributed by atoms with Crippen molar-refractivity contribution in [1.82, 2.24) is 15.1 Å². The molecule has 2 heterocycles. The molecule has 1 aliphatic rings. The number of aromatic nitrogens is 2. The second kappa shape index (κ2) is 3.11. The zero-order valence-electron chi connectivity index (χ0n) is 7.42. The maximum Gasteiger partial charge on any atom is 0.0981 e. The van der Waals surface area contributed by atoms with Crippen LogP contribution in [0.1, 0.15) is 11.3 Å². The van der Waals surface area contributed by atoms with Crippen molar-refractivity contribution in [2.45, 2.75) is 18.0 Å². The molecule has 0 saturated heterocycles. The van der Waals surface area contributed by atoms with Gasteiger partial charge in [-0.25, -0.2) is 0 Å². The maximum atomic E-state index is 4.48. The molecule has 66 valence electrons. The molecule has 1 aliphatic heterocycles. The van der Waals surface area contributed by atoms with Gasteiger partial charge in [-0.15, -0.1) is 11.8 Å². The molecule has 0 fully saturated rings. The molecule has 2 rings (SSSR count). The standard InChI is InChI=1S/C8H13N3S/c1-11-8(12-2)6-5-9-4-3-7(6)10-11/h9H,3-5H2,1-2H3. The van der Waals surface area contributed by atoms with Crippen LogP contribution in [0.2, 0.25) is 0 Å². The second-order valence-electron chi connectivity index (χ2n) is 2.98. The Morgan fingerprint density at radius 3 is 3.17 bits per heavy atom. The highest BCUT2D eigenvalue weighted by molar-refractivity contribution is 7.98. The van der Waals surface area contributed by atoms with Crippen molar-refractivity contribution < 1.29 is 0 Å². The van der Waals surface area contributed by atoms with Crippen LogP contribution in [0.5, 0.6) is 0 Å². The lowest BCUT2D eigenvalue weighted by molar-refractivity contribution is 0.631. The van der Waals surface area contributed by atoms with Crippen LogP contribution in [0.3, 0.4) is 0 Å². The van der Waals surface area contributed by atoms with Gasteiger partial charge in [0.05, 0.1) is 10.7 Å². The summed E-state index contributed by atoms with van der Waals surface area (Å²) in [5, 5.41) is 9.14. The maximum absolute atomic E-state index is 4.48. The third kappa shape index (κ3) is 1.15. The molecule has 1 aromatic heterocycles. The van der Waals surface area contributed by atoms with E-state index in [0.717, 1.165) is 19.5 Å². The minimum Gasteiger partial charge on any atom is -0.312 e. The molecule has 3 nitrogen and oxygen atoms in total. The van der Waals surface area contributed by atoms with E-state index in [0.29, 0.717) is 0 Å². The average Bonchev–Trinajstić information content (AvgIpc) is 2.40. The summed E-state index contributed by atoms with van der Waals surface area (Å²) in [6.45, 7) is 2.05. The first kappa shape index (κ1) is 8.13. The summed E-state index contributed by atoms with van der Waals surface area (Å²) in [5.74, 6) is 0. The van der Waals surface area contributed by atoms with Crippen LogP contribution in [-0.4, -0.2) is 22.6 Å². The topological polar surface area (TPSA) is 29.9 Å². The van der Waals surface area contributed by atoms with E-state index in [-0.39, 0.29) is 0 Å². The van der Waals surface area contributed by atoms with Gasteiger partial charge in [0, 0.05) is 32.1 Å². The molecule has 0 amide bonds. The van der Waals surface area contributed by atoms with Crippen LogP contribution in [0, 0.1) is 0 Å². The first-order valence-corrected chi connectivity index (χ1v) is 5.35. The number of hydrogen-bond donors (Lipinski definition) is 1. The highest BCUT2D eigenvalue weighted by Gasteiger charge is 2.17. The highest BCUT2D eigenvalue weighted by atomic mass is 32.2. The molecule has 0 bridgehead atoms. The van der Waals surface area contributed by atoms with Crippen LogP contribution in [0.4, 0.5) is 0 Å². The highest BCUT2D eigenvalue weighted by Crippen LogP contribution is 2.24. The lowest BCUT2D eigenvalue weighted by Crippen LogP contribution is -2.23. The molecule has 4 heteroatoms. The first-order valence-electron chi connectivity index (χ1n) is 4.12. The second-order valence-corrected chi connectivity index (χ2v) is 3.78. The Hall–Kier alpha value is -0.480. The van der Waals surface area contributed by atoms with Gasteiger partial charge in [0.25, 0.3) is 0 Å². The molecule has 0 aliphatic carbocycles. The van der Waals surface area contributed by atoms with Crippen molar-refractivity contribution in [2.75, 3.05) is 12.8 Å². The fourth-order valence-electron chi connectivity index (χ4n) is 1.66. The Balaban J connectivity index is 2.46. The van der Waals surface area contributed by atoms with Gasteiger partial charge in [-0.05, 0) is 6.26 Å². The molecule has 12 heavy (non-hydrogen) atoms. The predicted molar refractivity (Wildman–Crippen MR) is 50.4 cm³/mol. The summed E-state index contributed by atoms with van der Waals surface area (Å²) < 4.78 is 1.99. The molecular formula is C8H13N3S.